The fourth-order valence-electron chi connectivity index (χ4n) is 4.04. The van der Waals surface area contributed by atoms with Gasteiger partial charge in [-0.3, -0.25) is 0 Å². The number of para-hydroxylation sites is 1. The summed E-state index contributed by atoms with van der Waals surface area (Å²) in [6.45, 7) is 2.47. The van der Waals surface area contributed by atoms with Gasteiger partial charge in [0.1, 0.15) is 6.04 Å². The maximum Gasteiger partial charge on any atom is 0.327 e. The molecule has 25 heavy (non-hydrogen) atoms. The summed E-state index contributed by atoms with van der Waals surface area (Å²) in [5.74, 6) is -0.627. The lowest BCUT2D eigenvalue weighted by Gasteiger charge is -2.27. The summed E-state index contributed by atoms with van der Waals surface area (Å²) in [6.07, 6.45) is 0.883. The number of urea groups is 1. The molecule has 2 aromatic rings. The van der Waals surface area contributed by atoms with Crippen molar-refractivity contribution in [2.24, 2.45) is 11.3 Å². The quantitative estimate of drug-likeness (QED) is 0.898. The summed E-state index contributed by atoms with van der Waals surface area (Å²) >= 11 is 0. The normalized spacial score (nSPS) is 26.8. The zero-order valence-corrected chi connectivity index (χ0v) is 14.0. The van der Waals surface area contributed by atoms with Crippen molar-refractivity contribution in [2.45, 2.75) is 19.4 Å². The highest BCUT2D eigenvalue weighted by Crippen LogP contribution is 2.61. The van der Waals surface area contributed by atoms with Gasteiger partial charge in [-0.25, -0.2) is 9.59 Å². The van der Waals surface area contributed by atoms with Gasteiger partial charge in [0.05, 0.1) is 5.69 Å². The summed E-state index contributed by atoms with van der Waals surface area (Å²) in [4.78, 5) is 25.9. The van der Waals surface area contributed by atoms with Crippen molar-refractivity contribution >= 4 is 17.7 Å². The molecule has 1 saturated heterocycles. The zero-order chi connectivity index (χ0) is 17.6. The Hall–Kier alpha value is -2.82. The molecule has 0 aromatic heterocycles. The van der Waals surface area contributed by atoms with E-state index in [1.165, 1.54) is 4.90 Å². The van der Waals surface area contributed by atoms with Crippen molar-refractivity contribution in [1.29, 1.82) is 0 Å². The summed E-state index contributed by atoms with van der Waals surface area (Å²) in [5.41, 5.74) is 2.33. The van der Waals surface area contributed by atoms with E-state index in [9.17, 15) is 14.7 Å². The number of carbonyl (C=O) groups is 2. The molecule has 5 nitrogen and oxygen atoms in total. The number of benzene rings is 2. The van der Waals surface area contributed by atoms with Crippen LogP contribution in [0.3, 0.4) is 0 Å². The number of carbonyl (C=O) groups excluding carboxylic acids is 1. The third-order valence-corrected chi connectivity index (χ3v) is 5.56. The molecular formula is C20H20N2O3. The van der Waals surface area contributed by atoms with Gasteiger partial charge < -0.3 is 15.3 Å². The van der Waals surface area contributed by atoms with Crippen molar-refractivity contribution in [3.8, 4) is 11.1 Å². The van der Waals surface area contributed by atoms with Gasteiger partial charge in [-0.2, -0.15) is 0 Å². The van der Waals surface area contributed by atoms with Gasteiger partial charge >= 0.3 is 12.0 Å². The number of nitrogens with zero attached hydrogens (tertiary/aromatic N) is 1. The highest BCUT2D eigenvalue weighted by Gasteiger charge is 2.66. The van der Waals surface area contributed by atoms with Gasteiger partial charge in [-0.05, 0) is 24.0 Å². The second-order valence-electron chi connectivity index (χ2n) is 7.14. The molecule has 2 amide bonds. The molecule has 2 fully saturated rings. The summed E-state index contributed by atoms with van der Waals surface area (Å²) < 4.78 is 0. The van der Waals surface area contributed by atoms with Gasteiger partial charge in [-0.1, -0.05) is 55.5 Å². The zero-order valence-electron chi connectivity index (χ0n) is 14.0. The number of likely N-dealkylation sites (tertiary alicyclic amines) is 1. The standard InChI is InChI=1S/C20H20N2O3/c1-20-11-14(20)12-22(17(20)18(23)24)19(25)21-16-10-6-5-9-15(16)13-7-3-2-4-8-13/h2-10,14,17H,11-12H2,1H3,(H,21,25)(H,23,24)/t14-,17+,20-/m0/s1. The summed E-state index contributed by atoms with van der Waals surface area (Å²) in [5, 5.41) is 12.5. The minimum atomic E-state index is -0.922. The van der Waals surface area contributed by atoms with E-state index in [2.05, 4.69) is 5.32 Å². The van der Waals surface area contributed by atoms with E-state index in [0.29, 0.717) is 18.2 Å². The van der Waals surface area contributed by atoms with Crippen LogP contribution in [0.15, 0.2) is 54.6 Å². The van der Waals surface area contributed by atoms with E-state index in [4.69, 9.17) is 0 Å². The van der Waals surface area contributed by atoms with E-state index in [-0.39, 0.29) is 11.4 Å². The number of anilines is 1. The number of hydrogen-bond acceptors (Lipinski definition) is 2. The molecule has 1 aliphatic carbocycles. The molecule has 5 heteroatoms. The molecule has 0 unspecified atom stereocenters. The molecule has 1 aliphatic heterocycles. The number of hydrogen-bond donors (Lipinski definition) is 2. The Labute approximate surface area is 146 Å². The molecule has 1 saturated carbocycles. The van der Waals surface area contributed by atoms with E-state index in [0.717, 1.165) is 17.5 Å². The van der Waals surface area contributed by atoms with Crippen LogP contribution in [0.5, 0.6) is 0 Å². The van der Waals surface area contributed by atoms with Crippen LogP contribution in [0, 0.1) is 11.3 Å². The van der Waals surface area contributed by atoms with Crippen LogP contribution in [0.4, 0.5) is 10.5 Å². The van der Waals surface area contributed by atoms with Gasteiger partial charge in [0.15, 0.2) is 0 Å². The maximum absolute atomic E-state index is 12.8. The smallest absolute Gasteiger partial charge is 0.327 e. The summed E-state index contributed by atoms with van der Waals surface area (Å²) in [6, 6.07) is 16.3. The van der Waals surface area contributed by atoms with Crippen molar-refractivity contribution in [1.82, 2.24) is 4.90 Å². The van der Waals surface area contributed by atoms with Crippen LogP contribution in [0.1, 0.15) is 13.3 Å². The summed E-state index contributed by atoms with van der Waals surface area (Å²) in [7, 11) is 0. The first-order chi connectivity index (χ1) is 12.0. The third kappa shape index (κ3) is 2.56. The van der Waals surface area contributed by atoms with Crippen LogP contribution in [-0.2, 0) is 4.79 Å². The van der Waals surface area contributed by atoms with Crippen LogP contribution >= 0.6 is 0 Å². The van der Waals surface area contributed by atoms with Crippen molar-refractivity contribution < 1.29 is 14.7 Å². The molecule has 1 heterocycles. The third-order valence-electron chi connectivity index (χ3n) is 5.56. The molecule has 3 atom stereocenters. The van der Waals surface area contributed by atoms with Crippen LogP contribution in [-0.4, -0.2) is 34.6 Å². The average molecular weight is 336 g/mol. The molecule has 0 radical (unpaired) electrons. The van der Waals surface area contributed by atoms with E-state index < -0.39 is 12.0 Å². The minimum Gasteiger partial charge on any atom is -0.480 e. The highest BCUT2D eigenvalue weighted by atomic mass is 16.4. The number of carboxylic acids is 1. The Balaban J connectivity index is 1.59. The van der Waals surface area contributed by atoms with E-state index >= 15 is 0 Å². The van der Waals surface area contributed by atoms with Crippen LogP contribution in [0.25, 0.3) is 11.1 Å². The van der Waals surface area contributed by atoms with E-state index in [1.54, 1.807) is 0 Å². The Morgan fingerprint density at radius 3 is 2.52 bits per heavy atom. The number of carboxylic acid groups (broad SMARTS) is 1. The Morgan fingerprint density at radius 2 is 1.80 bits per heavy atom. The number of piperidine rings is 1. The number of fused-ring (bicyclic) bond motifs is 1. The van der Waals surface area contributed by atoms with Crippen molar-refractivity contribution in [2.75, 3.05) is 11.9 Å². The Bertz CT molecular complexity index is 836. The highest BCUT2D eigenvalue weighted by molar-refractivity contribution is 5.97. The SMILES string of the molecule is C[C@]12C[C@H]1CN(C(=O)Nc1ccccc1-c1ccccc1)[C@@H]2C(=O)O. The largest absolute Gasteiger partial charge is 0.480 e. The second-order valence-corrected chi connectivity index (χ2v) is 7.14. The topological polar surface area (TPSA) is 69.6 Å². The van der Waals surface area contributed by atoms with Gasteiger partial charge in [0.2, 0.25) is 0 Å². The number of nitrogens with one attached hydrogen (secondary N) is 1. The maximum atomic E-state index is 12.8. The monoisotopic (exact) mass is 336 g/mol. The lowest BCUT2D eigenvalue weighted by molar-refractivity contribution is -0.143. The van der Waals surface area contributed by atoms with Gasteiger partial charge in [0.25, 0.3) is 0 Å². The molecule has 2 aliphatic rings. The fraction of sp³-hybridized carbons (Fsp3) is 0.300. The fourth-order valence-corrected chi connectivity index (χ4v) is 4.04. The average Bonchev–Trinajstić information content (AvgIpc) is 3.16. The van der Waals surface area contributed by atoms with Gasteiger partial charge in [-0.15, -0.1) is 0 Å². The number of rotatable bonds is 3. The van der Waals surface area contributed by atoms with Gasteiger partial charge in [0, 0.05) is 17.5 Å². The second kappa shape index (κ2) is 5.62. The molecule has 0 bridgehead atoms. The minimum absolute atomic E-state index is 0.276. The first-order valence-electron chi connectivity index (χ1n) is 8.45. The molecule has 128 valence electrons. The number of amides is 2. The number of aliphatic carboxylic acids is 1. The molecular weight excluding hydrogens is 316 g/mol. The Kier molecular flexibility index (Phi) is 3.53. The predicted molar refractivity (Wildman–Crippen MR) is 95.2 cm³/mol. The first-order valence-corrected chi connectivity index (χ1v) is 8.45. The van der Waals surface area contributed by atoms with Crippen LogP contribution < -0.4 is 5.32 Å². The Morgan fingerprint density at radius 1 is 1.12 bits per heavy atom. The molecule has 2 N–H and O–H groups in total. The van der Waals surface area contributed by atoms with Crippen molar-refractivity contribution in [3.05, 3.63) is 54.6 Å². The first kappa shape index (κ1) is 15.7. The molecule has 0 spiro atoms. The van der Waals surface area contributed by atoms with Crippen LogP contribution in [0.2, 0.25) is 0 Å². The van der Waals surface area contributed by atoms with E-state index in [1.807, 2.05) is 61.5 Å². The molecule has 2 aromatic carbocycles. The van der Waals surface area contributed by atoms with Crippen molar-refractivity contribution in [3.63, 3.8) is 0 Å². The lowest BCUT2D eigenvalue weighted by atomic mass is 9.99. The molecule has 4 rings (SSSR count). The lowest BCUT2D eigenvalue weighted by Crippen LogP contribution is -2.47. The predicted octanol–water partition coefficient (Wildman–Crippen LogP) is 3.68.